The van der Waals surface area contributed by atoms with E-state index >= 15 is 0 Å². The Morgan fingerprint density at radius 1 is 1.40 bits per heavy atom. The third-order valence-electron chi connectivity index (χ3n) is 3.42. The second-order valence-corrected chi connectivity index (χ2v) is 6.67. The highest BCUT2D eigenvalue weighted by atomic mass is 32.2. The van der Waals surface area contributed by atoms with Crippen molar-refractivity contribution in [1.29, 1.82) is 0 Å². The van der Waals surface area contributed by atoms with Gasteiger partial charge in [-0.15, -0.1) is 11.3 Å². The van der Waals surface area contributed by atoms with Gasteiger partial charge < -0.3 is 4.90 Å². The van der Waals surface area contributed by atoms with Gasteiger partial charge in [0.25, 0.3) is 0 Å². The molecule has 4 rings (SSSR count). The number of aliphatic imine (C=N–C) groups is 1. The SMILES string of the molecule is C=CC1=C(c2cc3cccc(F)c3s2)N2CCN=C2S1. The first-order valence-corrected chi connectivity index (χ1v) is 7.96. The Morgan fingerprint density at radius 3 is 3.10 bits per heavy atom. The maximum atomic E-state index is 13.9. The summed E-state index contributed by atoms with van der Waals surface area (Å²) in [6.07, 6.45) is 1.86. The molecule has 0 aliphatic carbocycles. The van der Waals surface area contributed by atoms with E-state index in [4.69, 9.17) is 0 Å². The Hall–Kier alpha value is -1.59. The number of nitrogens with zero attached hydrogens (tertiary/aromatic N) is 2. The lowest BCUT2D eigenvalue weighted by molar-refractivity contribution is 0.642. The van der Waals surface area contributed by atoms with Crippen LogP contribution in [0.5, 0.6) is 0 Å². The van der Waals surface area contributed by atoms with Gasteiger partial charge in [0, 0.05) is 11.4 Å². The fourth-order valence-electron chi connectivity index (χ4n) is 2.54. The number of thiophene rings is 1. The predicted octanol–water partition coefficient (Wildman–Crippen LogP) is 4.31. The zero-order chi connectivity index (χ0) is 13.7. The molecule has 100 valence electrons. The molecule has 0 amide bonds. The second-order valence-electron chi connectivity index (χ2n) is 4.60. The van der Waals surface area contributed by atoms with E-state index in [1.807, 2.05) is 12.1 Å². The molecule has 0 atom stereocenters. The minimum absolute atomic E-state index is 0.152. The lowest BCUT2D eigenvalue weighted by Gasteiger charge is -2.15. The van der Waals surface area contributed by atoms with Gasteiger partial charge in [-0.1, -0.05) is 24.8 Å². The molecule has 2 aliphatic rings. The first-order valence-electron chi connectivity index (χ1n) is 6.33. The van der Waals surface area contributed by atoms with E-state index in [0.29, 0.717) is 4.70 Å². The predicted molar refractivity (Wildman–Crippen MR) is 85.5 cm³/mol. The standard InChI is InChI=1S/C15H11FN2S2/c1-2-11-13(18-7-6-17-15(18)20-11)12-8-9-4-3-5-10(16)14(9)19-12/h2-5,8H,1,6-7H2. The molecule has 3 heterocycles. The third kappa shape index (κ3) is 1.66. The lowest BCUT2D eigenvalue weighted by atomic mass is 10.2. The van der Waals surface area contributed by atoms with Crippen LogP contribution in [0.1, 0.15) is 4.88 Å². The van der Waals surface area contributed by atoms with Crippen LogP contribution in [0.4, 0.5) is 4.39 Å². The van der Waals surface area contributed by atoms with Crippen LogP contribution in [0.2, 0.25) is 0 Å². The van der Waals surface area contributed by atoms with Crippen LogP contribution in [0, 0.1) is 5.82 Å². The van der Waals surface area contributed by atoms with Crippen LogP contribution in [0.3, 0.4) is 0 Å². The Balaban J connectivity index is 1.91. The van der Waals surface area contributed by atoms with Crippen molar-refractivity contribution in [1.82, 2.24) is 4.90 Å². The van der Waals surface area contributed by atoms with E-state index in [2.05, 4.69) is 22.5 Å². The Kier molecular flexibility index (Phi) is 2.72. The van der Waals surface area contributed by atoms with Gasteiger partial charge in [0.05, 0.1) is 21.8 Å². The summed E-state index contributed by atoms with van der Waals surface area (Å²) in [4.78, 5) is 8.89. The molecule has 1 aromatic carbocycles. The first-order chi connectivity index (χ1) is 9.78. The second kappa shape index (κ2) is 4.46. The highest BCUT2D eigenvalue weighted by Gasteiger charge is 2.32. The maximum absolute atomic E-state index is 13.9. The average molecular weight is 302 g/mol. The van der Waals surface area contributed by atoms with Crippen LogP contribution in [-0.4, -0.2) is 23.2 Å². The summed E-state index contributed by atoms with van der Waals surface area (Å²) in [6.45, 7) is 5.61. The molecule has 0 saturated heterocycles. The molecular formula is C15H11FN2S2. The van der Waals surface area contributed by atoms with Gasteiger partial charge in [-0.25, -0.2) is 4.39 Å². The molecule has 0 bridgehead atoms. The molecule has 20 heavy (non-hydrogen) atoms. The van der Waals surface area contributed by atoms with Crippen molar-refractivity contribution < 1.29 is 4.39 Å². The van der Waals surface area contributed by atoms with Crippen molar-refractivity contribution in [2.24, 2.45) is 4.99 Å². The fraction of sp³-hybridized carbons (Fsp3) is 0.133. The lowest BCUT2D eigenvalue weighted by Crippen LogP contribution is -2.19. The molecule has 0 spiro atoms. The molecule has 2 aromatic rings. The van der Waals surface area contributed by atoms with E-state index < -0.39 is 0 Å². The van der Waals surface area contributed by atoms with Gasteiger partial charge in [0.15, 0.2) is 5.17 Å². The Labute approximate surface area is 124 Å². The largest absolute Gasteiger partial charge is 0.317 e. The summed E-state index contributed by atoms with van der Waals surface area (Å²) in [5.41, 5.74) is 1.13. The van der Waals surface area contributed by atoms with Crippen LogP contribution in [-0.2, 0) is 0 Å². The molecule has 0 unspecified atom stereocenters. The van der Waals surface area contributed by atoms with E-state index in [1.165, 1.54) is 17.4 Å². The number of benzene rings is 1. The third-order valence-corrected chi connectivity index (χ3v) is 5.70. The quantitative estimate of drug-likeness (QED) is 0.821. The molecular weight excluding hydrogens is 291 g/mol. The van der Waals surface area contributed by atoms with Crippen molar-refractivity contribution in [2.45, 2.75) is 0 Å². The molecule has 0 radical (unpaired) electrons. The highest BCUT2D eigenvalue weighted by molar-refractivity contribution is 8.17. The van der Waals surface area contributed by atoms with Gasteiger partial charge in [0.2, 0.25) is 0 Å². The number of halogens is 1. The number of rotatable bonds is 2. The van der Waals surface area contributed by atoms with Gasteiger partial charge >= 0.3 is 0 Å². The summed E-state index contributed by atoms with van der Waals surface area (Å²) in [5.74, 6) is -0.152. The van der Waals surface area contributed by atoms with E-state index in [-0.39, 0.29) is 5.82 Å². The number of fused-ring (bicyclic) bond motifs is 2. The molecule has 1 aromatic heterocycles. The number of hydrogen-bond donors (Lipinski definition) is 0. The normalized spacial score (nSPS) is 17.9. The molecule has 0 saturated carbocycles. The molecule has 0 fully saturated rings. The van der Waals surface area contributed by atoms with E-state index in [0.717, 1.165) is 39.1 Å². The Bertz CT molecular complexity index is 788. The van der Waals surface area contributed by atoms with Gasteiger partial charge in [-0.2, -0.15) is 0 Å². The number of amidine groups is 1. The molecule has 0 N–H and O–H groups in total. The smallest absolute Gasteiger partial charge is 0.168 e. The monoisotopic (exact) mass is 302 g/mol. The minimum atomic E-state index is -0.152. The fourth-order valence-corrected chi connectivity index (χ4v) is 4.78. The van der Waals surface area contributed by atoms with Crippen molar-refractivity contribution >= 4 is 44.0 Å². The highest BCUT2D eigenvalue weighted by Crippen LogP contribution is 2.45. The average Bonchev–Trinajstić information content (AvgIpc) is 3.10. The van der Waals surface area contributed by atoms with Crippen molar-refractivity contribution in [3.63, 3.8) is 0 Å². The summed E-state index contributed by atoms with van der Waals surface area (Å²) in [7, 11) is 0. The van der Waals surface area contributed by atoms with Gasteiger partial charge in [-0.3, -0.25) is 4.99 Å². The van der Waals surface area contributed by atoms with Crippen molar-refractivity contribution in [3.8, 4) is 0 Å². The maximum Gasteiger partial charge on any atom is 0.168 e. The van der Waals surface area contributed by atoms with E-state index in [9.17, 15) is 4.39 Å². The van der Waals surface area contributed by atoms with Crippen LogP contribution >= 0.6 is 23.1 Å². The summed E-state index contributed by atoms with van der Waals surface area (Å²) < 4.78 is 14.6. The van der Waals surface area contributed by atoms with Crippen molar-refractivity contribution in [3.05, 3.63) is 52.5 Å². The zero-order valence-corrected chi connectivity index (χ0v) is 12.2. The molecule has 2 aliphatic heterocycles. The topological polar surface area (TPSA) is 15.6 Å². The summed E-state index contributed by atoms with van der Waals surface area (Å²) in [5, 5.41) is 1.99. The number of hydrogen-bond acceptors (Lipinski definition) is 4. The van der Waals surface area contributed by atoms with E-state index in [1.54, 1.807) is 17.8 Å². The van der Waals surface area contributed by atoms with Crippen LogP contribution in [0.25, 0.3) is 15.8 Å². The first kappa shape index (κ1) is 12.2. The zero-order valence-electron chi connectivity index (χ0n) is 10.6. The van der Waals surface area contributed by atoms with Crippen LogP contribution in [0.15, 0.2) is 46.8 Å². The summed E-state index contributed by atoms with van der Waals surface area (Å²) in [6, 6.07) is 7.28. The van der Waals surface area contributed by atoms with Gasteiger partial charge in [-0.05, 0) is 29.3 Å². The van der Waals surface area contributed by atoms with Gasteiger partial charge in [0.1, 0.15) is 5.82 Å². The van der Waals surface area contributed by atoms with Crippen molar-refractivity contribution in [2.75, 3.05) is 13.1 Å². The molecule has 2 nitrogen and oxygen atoms in total. The number of allylic oxidation sites excluding steroid dienone is 1. The molecule has 5 heteroatoms. The minimum Gasteiger partial charge on any atom is -0.317 e. The summed E-state index contributed by atoms with van der Waals surface area (Å²) >= 11 is 3.15. The van der Waals surface area contributed by atoms with Crippen LogP contribution < -0.4 is 0 Å². The Morgan fingerprint density at radius 2 is 2.30 bits per heavy atom. The number of thioether (sulfide) groups is 1.